The van der Waals surface area contributed by atoms with Crippen molar-refractivity contribution in [3.05, 3.63) is 52.3 Å². The largest absolute Gasteiger partial charge is 0.570 e. The van der Waals surface area contributed by atoms with Crippen molar-refractivity contribution in [1.82, 2.24) is 19.6 Å². The monoisotopic (exact) mass is 320 g/mol. The smallest absolute Gasteiger partial charge is 0.254 e. The maximum Gasteiger partial charge on any atom is 0.254 e. The van der Waals surface area contributed by atoms with Crippen LogP contribution in [0.25, 0.3) is 10.5 Å². The first-order chi connectivity index (χ1) is 10.3. The third-order valence-electron chi connectivity index (χ3n) is 2.86. The molecule has 2 heterocycles. The molecule has 0 aliphatic rings. The van der Waals surface area contributed by atoms with Crippen LogP contribution in [0, 0.1) is 19.7 Å². The van der Waals surface area contributed by atoms with Crippen molar-refractivity contribution >= 4 is 21.5 Å². The molecule has 0 spiro atoms. The van der Waals surface area contributed by atoms with Gasteiger partial charge < -0.3 is 4.72 Å². The summed E-state index contributed by atoms with van der Waals surface area (Å²) < 4.78 is 42.4. The second-order valence-electron chi connectivity index (χ2n) is 4.69. The van der Waals surface area contributed by atoms with Gasteiger partial charge in [-0.15, -0.1) is 10.8 Å². The Balaban J connectivity index is 2.04. The number of rotatable bonds is 3. The predicted molar refractivity (Wildman–Crippen MR) is 76.9 cm³/mol. The first-order valence-corrected chi connectivity index (χ1v) is 7.74. The Morgan fingerprint density at radius 2 is 1.95 bits per heavy atom. The van der Waals surface area contributed by atoms with E-state index in [9.17, 15) is 12.8 Å². The first-order valence-electron chi connectivity index (χ1n) is 6.30. The molecule has 0 bridgehead atoms. The van der Waals surface area contributed by atoms with Crippen LogP contribution in [-0.2, 0) is 10.0 Å². The van der Waals surface area contributed by atoms with Crippen LogP contribution in [0.3, 0.4) is 0 Å². The third kappa shape index (κ3) is 2.62. The Morgan fingerprint density at radius 3 is 2.68 bits per heavy atom. The van der Waals surface area contributed by atoms with Gasteiger partial charge in [0.25, 0.3) is 10.9 Å². The maximum atomic E-state index is 13.1. The summed E-state index contributed by atoms with van der Waals surface area (Å²) in [6.07, 6.45) is 0. The highest BCUT2D eigenvalue weighted by molar-refractivity contribution is 7.94. The van der Waals surface area contributed by atoms with Crippen LogP contribution in [0.15, 0.2) is 35.5 Å². The molecule has 3 rings (SSSR count). The summed E-state index contributed by atoms with van der Waals surface area (Å²) in [5.74, 6) is -0.405. The number of fused-ring (bicyclic) bond motifs is 1. The van der Waals surface area contributed by atoms with E-state index < -0.39 is 21.0 Å². The fourth-order valence-corrected chi connectivity index (χ4v) is 2.82. The molecule has 9 heteroatoms. The van der Waals surface area contributed by atoms with Crippen molar-refractivity contribution < 1.29 is 12.8 Å². The quantitative estimate of drug-likeness (QED) is 0.738. The summed E-state index contributed by atoms with van der Waals surface area (Å²) in [4.78, 5) is 8.00. The molecular formula is C13H11FN5O2S-. The lowest BCUT2D eigenvalue weighted by molar-refractivity contribution is 0.594. The summed E-state index contributed by atoms with van der Waals surface area (Å²) >= 11 is 0. The van der Waals surface area contributed by atoms with Crippen LogP contribution in [0.1, 0.15) is 11.4 Å². The SMILES string of the molecule is Cc1cc(C)n2nc(S(=O)(=O)[N-]c3cccc(F)c3)nc2n1. The molecule has 22 heavy (non-hydrogen) atoms. The number of nitrogens with zero attached hydrogens (tertiary/aromatic N) is 5. The highest BCUT2D eigenvalue weighted by Gasteiger charge is 2.15. The molecule has 0 radical (unpaired) electrons. The number of sulfonamides is 1. The second kappa shape index (κ2) is 5.02. The van der Waals surface area contributed by atoms with Gasteiger partial charge in [0.15, 0.2) is 10.0 Å². The van der Waals surface area contributed by atoms with Gasteiger partial charge in [-0.25, -0.2) is 22.3 Å². The standard InChI is InChI=1S/C13H11FN5O2S/c1-8-6-9(2)19-12(15-8)16-13(17-19)22(20,21)18-11-5-3-4-10(14)7-11/h3-7H,1-2H3/q-1. The van der Waals surface area contributed by atoms with E-state index in [1.165, 1.54) is 22.7 Å². The van der Waals surface area contributed by atoms with E-state index in [0.717, 1.165) is 6.07 Å². The molecule has 3 aromatic rings. The van der Waals surface area contributed by atoms with Crippen LogP contribution in [0.2, 0.25) is 0 Å². The van der Waals surface area contributed by atoms with Crippen molar-refractivity contribution in [2.45, 2.75) is 19.0 Å². The lowest BCUT2D eigenvalue weighted by Crippen LogP contribution is -2.01. The van der Waals surface area contributed by atoms with Gasteiger partial charge in [0, 0.05) is 11.4 Å². The predicted octanol–water partition coefficient (Wildman–Crippen LogP) is 2.27. The minimum atomic E-state index is -4.15. The molecule has 0 atom stereocenters. The molecule has 1 aromatic carbocycles. The zero-order chi connectivity index (χ0) is 15.9. The molecule has 2 aromatic heterocycles. The zero-order valence-corrected chi connectivity index (χ0v) is 12.5. The maximum absolute atomic E-state index is 13.1. The minimum absolute atomic E-state index is 0.0280. The van der Waals surface area contributed by atoms with E-state index in [1.54, 1.807) is 19.9 Å². The number of aromatic nitrogens is 4. The Morgan fingerprint density at radius 1 is 1.18 bits per heavy atom. The lowest BCUT2D eigenvalue weighted by atomic mass is 10.3. The molecule has 0 amide bonds. The Hall–Kier alpha value is -2.55. The Bertz CT molecular complexity index is 968. The number of halogens is 1. The number of hydrogen-bond donors (Lipinski definition) is 0. The number of aryl methyl sites for hydroxylation is 2. The third-order valence-corrected chi connectivity index (χ3v) is 3.95. The molecule has 0 aliphatic heterocycles. The van der Waals surface area contributed by atoms with Gasteiger partial charge in [-0.1, -0.05) is 12.1 Å². The normalized spacial score (nSPS) is 11.8. The zero-order valence-electron chi connectivity index (χ0n) is 11.7. The van der Waals surface area contributed by atoms with Crippen LogP contribution in [-0.4, -0.2) is 28.0 Å². The van der Waals surface area contributed by atoms with Crippen LogP contribution < -0.4 is 0 Å². The molecule has 0 saturated heterocycles. The van der Waals surface area contributed by atoms with Crippen LogP contribution in [0.4, 0.5) is 10.1 Å². The van der Waals surface area contributed by atoms with E-state index in [1.807, 2.05) is 0 Å². The van der Waals surface area contributed by atoms with Gasteiger partial charge in [-0.2, -0.15) is 4.98 Å². The van der Waals surface area contributed by atoms with E-state index >= 15 is 0 Å². The fourth-order valence-electron chi connectivity index (χ4n) is 1.97. The fraction of sp³-hybridized carbons (Fsp3) is 0.154. The molecule has 0 N–H and O–H groups in total. The number of hydrogen-bond acceptors (Lipinski definition) is 5. The van der Waals surface area contributed by atoms with Gasteiger partial charge in [0.2, 0.25) is 0 Å². The summed E-state index contributed by atoms with van der Waals surface area (Å²) in [5, 5.41) is 3.44. The van der Waals surface area contributed by atoms with Crippen molar-refractivity contribution in [1.29, 1.82) is 0 Å². The molecule has 114 valence electrons. The van der Waals surface area contributed by atoms with Gasteiger partial charge in [-0.3, -0.25) is 0 Å². The highest BCUT2D eigenvalue weighted by atomic mass is 32.2. The minimum Gasteiger partial charge on any atom is -0.570 e. The van der Waals surface area contributed by atoms with E-state index in [4.69, 9.17) is 0 Å². The Labute approximate surface area is 125 Å². The van der Waals surface area contributed by atoms with Crippen molar-refractivity contribution in [2.75, 3.05) is 0 Å². The highest BCUT2D eigenvalue weighted by Crippen LogP contribution is 2.26. The van der Waals surface area contributed by atoms with Crippen LogP contribution in [0.5, 0.6) is 0 Å². The molecule has 0 unspecified atom stereocenters. The lowest BCUT2D eigenvalue weighted by Gasteiger charge is -2.18. The summed E-state index contributed by atoms with van der Waals surface area (Å²) in [7, 11) is -4.15. The number of benzene rings is 1. The van der Waals surface area contributed by atoms with Crippen molar-refractivity contribution in [2.24, 2.45) is 0 Å². The first kappa shape index (κ1) is 14.4. The van der Waals surface area contributed by atoms with Gasteiger partial charge >= 0.3 is 0 Å². The van der Waals surface area contributed by atoms with Crippen molar-refractivity contribution in [3.63, 3.8) is 0 Å². The average molecular weight is 320 g/mol. The van der Waals surface area contributed by atoms with E-state index in [-0.39, 0.29) is 11.5 Å². The Kier molecular flexibility index (Phi) is 3.28. The molecule has 0 fully saturated rings. The van der Waals surface area contributed by atoms with E-state index in [2.05, 4.69) is 19.8 Å². The molecule has 0 saturated carbocycles. The average Bonchev–Trinajstić information content (AvgIpc) is 2.83. The molecule has 0 aliphatic carbocycles. The summed E-state index contributed by atoms with van der Waals surface area (Å²) in [6.45, 7) is 3.53. The second-order valence-corrected chi connectivity index (χ2v) is 6.19. The van der Waals surface area contributed by atoms with Crippen molar-refractivity contribution in [3.8, 4) is 0 Å². The topological polar surface area (TPSA) is 91.3 Å². The molecular weight excluding hydrogens is 309 g/mol. The van der Waals surface area contributed by atoms with Gasteiger partial charge in [-0.05, 0) is 32.0 Å². The van der Waals surface area contributed by atoms with Gasteiger partial charge in [0.05, 0.1) is 0 Å². The van der Waals surface area contributed by atoms with Gasteiger partial charge in [0.1, 0.15) is 5.82 Å². The van der Waals surface area contributed by atoms with Crippen LogP contribution >= 0.6 is 0 Å². The summed E-state index contributed by atoms with van der Waals surface area (Å²) in [5.41, 5.74) is 1.37. The van der Waals surface area contributed by atoms with E-state index in [0.29, 0.717) is 11.4 Å². The summed E-state index contributed by atoms with van der Waals surface area (Å²) in [6, 6.07) is 6.72. The molecule has 7 nitrogen and oxygen atoms in total.